The van der Waals surface area contributed by atoms with Crippen LogP contribution in [0.2, 0.25) is 0 Å². The molecule has 0 unspecified atom stereocenters. The third-order valence-corrected chi connectivity index (χ3v) is 2.91. The minimum Gasteiger partial charge on any atom is -0.489 e. The zero-order valence-electron chi connectivity index (χ0n) is 9.10. The molecule has 0 atom stereocenters. The second-order valence-corrected chi connectivity index (χ2v) is 4.14. The molecule has 1 heterocycles. The van der Waals surface area contributed by atoms with Crippen LogP contribution < -0.4 is 10.5 Å². The van der Waals surface area contributed by atoms with Crippen LogP contribution in [0.4, 0.5) is 0 Å². The molecule has 0 amide bonds. The number of nitrogens with zero attached hydrogens (tertiary/aromatic N) is 2. The van der Waals surface area contributed by atoms with Gasteiger partial charge in [0, 0.05) is 18.4 Å². The van der Waals surface area contributed by atoms with Gasteiger partial charge < -0.3 is 10.5 Å². The van der Waals surface area contributed by atoms with Gasteiger partial charge in [-0.15, -0.1) is 0 Å². The SMILES string of the molecule is N#Cc1cnccc1OC1CCC(N)CC1. The summed E-state index contributed by atoms with van der Waals surface area (Å²) in [4.78, 5) is 3.90. The van der Waals surface area contributed by atoms with Crippen molar-refractivity contribution in [3.05, 3.63) is 24.0 Å². The van der Waals surface area contributed by atoms with Crippen LogP contribution in [0.25, 0.3) is 0 Å². The molecule has 0 radical (unpaired) electrons. The van der Waals surface area contributed by atoms with Crippen molar-refractivity contribution < 1.29 is 4.74 Å². The molecule has 1 saturated carbocycles. The molecule has 2 rings (SSSR count). The maximum Gasteiger partial charge on any atom is 0.140 e. The van der Waals surface area contributed by atoms with Crippen molar-refractivity contribution in [1.82, 2.24) is 4.98 Å². The van der Waals surface area contributed by atoms with Gasteiger partial charge in [-0.05, 0) is 31.7 Å². The number of nitrogens with two attached hydrogens (primary N) is 1. The maximum atomic E-state index is 8.90. The van der Waals surface area contributed by atoms with Gasteiger partial charge in [0.1, 0.15) is 17.4 Å². The Morgan fingerprint density at radius 2 is 2.12 bits per heavy atom. The molecule has 2 N–H and O–H groups in total. The predicted molar refractivity (Wildman–Crippen MR) is 59.8 cm³/mol. The van der Waals surface area contributed by atoms with Gasteiger partial charge in [-0.2, -0.15) is 5.26 Å². The van der Waals surface area contributed by atoms with Gasteiger partial charge in [-0.1, -0.05) is 0 Å². The van der Waals surface area contributed by atoms with Crippen molar-refractivity contribution in [2.45, 2.75) is 37.8 Å². The third kappa shape index (κ3) is 2.50. The zero-order valence-corrected chi connectivity index (χ0v) is 9.10. The number of pyridine rings is 1. The van der Waals surface area contributed by atoms with Crippen molar-refractivity contribution in [3.63, 3.8) is 0 Å². The summed E-state index contributed by atoms with van der Waals surface area (Å²) in [6, 6.07) is 4.14. The zero-order chi connectivity index (χ0) is 11.4. The monoisotopic (exact) mass is 217 g/mol. The summed E-state index contributed by atoms with van der Waals surface area (Å²) in [5.41, 5.74) is 6.33. The highest BCUT2D eigenvalue weighted by Gasteiger charge is 2.20. The normalized spacial score (nSPS) is 24.8. The number of ether oxygens (including phenoxy) is 1. The number of hydrogen-bond acceptors (Lipinski definition) is 4. The number of aromatic nitrogens is 1. The molecule has 0 aliphatic heterocycles. The molecule has 4 nitrogen and oxygen atoms in total. The number of hydrogen-bond donors (Lipinski definition) is 1. The van der Waals surface area contributed by atoms with E-state index in [1.54, 1.807) is 12.3 Å². The van der Waals surface area contributed by atoms with Crippen LogP contribution in [-0.4, -0.2) is 17.1 Å². The lowest BCUT2D eigenvalue weighted by molar-refractivity contribution is 0.146. The number of nitriles is 1. The van der Waals surface area contributed by atoms with Crippen molar-refractivity contribution in [3.8, 4) is 11.8 Å². The van der Waals surface area contributed by atoms with Crippen molar-refractivity contribution >= 4 is 0 Å². The van der Waals surface area contributed by atoms with E-state index >= 15 is 0 Å². The van der Waals surface area contributed by atoms with E-state index in [0.29, 0.717) is 17.4 Å². The first-order valence-corrected chi connectivity index (χ1v) is 5.56. The molecule has 0 bridgehead atoms. The van der Waals surface area contributed by atoms with Crippen molar-refractivity contribution in [2.24, 2.45) is 5.73 Å². The molecule has 0 spiro atoms. The van der Waals surface area contributed by atoms with E-state index in [2.05, 4.69) is 11.1 Å². The van der Waals surface area contributed by atoms with E-state index in [-0.39, 0.29) is 6.10 Å². The summed E-state index contributed by atoms with van der Waals surface area (Å²) in [6.07, 6.45) is 7.29. The van der Waals surface area contributed by atoms with E-state index in [9.17, 15) is 0 Å². The average molecular weight is 217 g/mol. The molecule has 1 aromatic rings. The Bertz CT molecular complexity index is 391. The number of rotatable bonds is 2. The Hall–Kier alpha value is -1.60. The van der Waals surface area contributed by atoms with Gasteiger partial charge >= 0.3 is 0 Å². The highest BCUT2D eigenvalue weighted by molar-refractivity contribution is 5.40. The Balaban J connectivity index is 2.01. The summed E-state index contributed by atoms with van der Waals surface area (Å²) < 4.78 is 5.81. The van der Waals surface area contributed by atoms with Crippen molar-refractivity contribution in [1.29, 1.82) is 5.26 Å². The highest BCUT2D eigenvalue weighted by Crippen LogP contribution is 2.24. The maximum absolute atomic E-state index is 8.90. The van der Waals surface area contributed by atoms with Crippen LogP contribution in [0.1, 0.15) is 31.2 Å². The minimum absolute atomic E-state index is 0.189. The minimum atomic E-state index is 0.189. The molecular formula is C12H15N3O. The molecule has 1 aliphatic carbocycles. The first kappa shape index (κ1) is 10.9. The fourth-order valence-electron chi connectivity index (χ4n) is 1.95. The van der Waals surface area contributed by atoms with Gasteiger partial charge in [0.2, 0.25) is 0 Å². The van der Waals surface area contributed by atoms with Gasteiger partial charge in [-0.3, -0.25) is 4.98 Å². The smallest absolute Gasteiger partial charge is 0.140 e. The van der Waals surface area contributed by atoms with Crippen LogP contribution in [-0.2, 0) is 0 Å². The van der Waals surface area contributed by atoms with Crippen molar-refractivity contribution in [2.75, 3.05) is 0 Å². The Labute approximate surface area is 95.0 Å². The van der Waals surface area contributed by atoms with Crippen LogP contribution in [0.3, 0.4) is 0 Å². The Morgan fingerprint density at radius 1 is 1.38 bits per heavy atom. The third-order valence-electron chi connectivity index (χ3n) is 2.91. The van der Waals surface area contributed by atoms with E-state index in [4.69, 9.17) is 15.7 Å². The standard InChI is InChI=1S/C12H15N3O/c13-7-9-8-15-6-5-12(9)16-11-3-1-10(14)2-4-11/h5-6,8,10-11H,1-4,14H2. The lowest BCUT2D eigenvalue weighted by atomic mass is 9.94. The second-order valence-electron chi connectivity index (χ2n) is 4.14. The van der Waals surface area contributed by atoms with Crippen LogP contribution in [0, 0.1) is 11.3 Å². The molecule has 0 saturated heterocycles. The quantitative estimate of drug-likeness (QED) is 0.816. The van der Waals surface area contributed by atoms with E-state index in [1.807, 2.05) is 0 Å². The molecule has 16 heavy (non-hydrogen) atoms. The molecule has 0 aromatic carbocycles. The van der Waals surface area contributed by atoms with Crippen LogP contribution in [0.15, 0.2) is 18.5 Å². The summed E-state index contributed by atoms with van der Waals surface area (Å²) in [7, 11) is 0. The molecule has 84 valence electrons. The van der Waals surface area contributed by atoms with E-state index in [0.717, 1.165) is 25.7 Å². The average Bonchev–Trinajstić information content (AvgIpc) is 2.33. The van der Waals surface area contributed by atoms with Gasteiger partial charge in [-0.25, -0.2) is 0 Å². The molecule has 1 fully saturated rings. The summed E-state index contributed by atoms with van der Waals surface area (Å²) >= 11 is 0. The summed E-state index contributed by atoms with van der Waals surface area (Å²) in [6.45, 7) is 0. The molecule has 4 heteroatoms. The first-order chi connectivity index (χ1) is 7.79. The summed E-state index contributed by atoms with van der Waals surface area (Å²) in [5.74, 6) is 0.637. The molecular weight excluding hydrogens is 202 g/mol. The largest absolute Gasteiger partial charge is 0.489 e. The van der Waals surface area contributed by atoms with Gasteiger partial charge in [0.15, 0.2) is 0 Å². The Morgan fingerprint density at radius 3 is 2.81 bits per heavy atom. The lowest BCUT2D eigenvalue weighted by Crippen LogP contribution is -2.31. The predicted octanol–water partition coefficient (Wildman–Crippen LogP) is 1.60. The topological polar surface area (TPSA) is 71.9 Å². The first-order valence-electron chi connectivity index (χ1n) is 5.56. The molecule has 1 aromatic heterocycles. The van der Waals surface area contributed by atoms with Gasteiger partial charge in [0.25, 0.3) is 0 Å². The molecule has 1 aliphatic rings. The fourth-order valence-corrected chi connectivity index (χ4v) is 1.95. The highest BCUT2D eigenvalue weighted by atomic mass is 16.5. The summed E-state index contributed by atoms with van der Waals surface area (Å²) in [5, 5.41) is 8.90. The second kappa shape index (κ2) is 4.95. The van der Waals surface area contributed by atoms with Crippen LogP contribution >= 0.6 is 0 Å². The lowest BCUT2D eigenvalue weighted by Gasteiger charge is -2.26. The van der Waals surface area contributed by atoms with Gasteiger partial charge in [0.05, 0.1) is 6.10 Å². The fraction of sp³-hybridized carbons (Fsp3) is 0.500. The Kier molecular flexibility index (Phi) is 3.37. The van der Waals surface area contributed by atoms with E-state index < -0.39 is 0 Å². The van der Waals surface area contributed by atoms with Crippen LogP contribution in [0.5, 0.6) is 5.75 Å². The van der Waals surface area contributed by atoms with E-state index in [1.165, 1.54) is 6.20 Å².